The van der Waals surface area contributed by atoms with Crippen LogP contribution in [-0.2, 0) is 15.7 Å². The van der Waals surface area contributed by atoms with Crippen molar-refractivity contribution in [3.8, 4) is 5.75 Å². The third-order valence-corrected chi connectivity index (χ3v) is 3.81. The number of hydrogen-bond acceptors (Lipinski definition) is 4. The van der Waals surface area contributed by atoms with E-state index in [-0.39, 0.29) is 11.3 Å². The normalized spacial score (nSPS) is 12.4. The summed E-state index contributed by atoms with van der Waals surface area (Å²) in [6, 6.07) is 10.3. The zero-order valence-corrected chi connectivity index (χ0v) is 16.2. The van der Waals surface area contributed by atoms with Gasteiger partial charge in [-0.25, -0.2) is 4.79 Å². The maximum absolute atomic E-state index is 12.6. The van der Waals surface area contributed by atoms with Crippen LogP contribution in [0.2, 0.25) is 0 Å². The second-order valence-electron chi connectivity index (χ2n) is 6.84. The maximum Gasteiger partial charge on any atom is 0.416 e. The van der Waals surface area contributed by atoms with Crippen molar-refractivity contribution >= 4 is 17.6 Å². The smallest absolute Gasteiger partial charge is 0.416 e. The summed E-state index contributed by atoms with van der Waals surface area (Å²) in [5.74, 6) is -0.377. The average molecular weight is 409 g/mol. The summed E-state index contributed by atoms with van der Waals surface area (Å²) in [5, 5.41) is 2.41. The van der Waals surface area contributed by atoms with Gasteiger partial charge < -0.3 is 14.8 Å². The minimum atomic E-state index is -4.46. The second-order valence-corrected chi connectivity index (χ2v) is 6.84. The molecular weight excluding hydrogens is 387 g/mol. The zero-order chi connectivity index (χ0) is 21.6. The lowest BCUT2D eigenvalue weighted by Crippen LogP contribution is -2.30. The monoisotopic (exact) mass is 409 g/mol. The summed E-state index contributed by atoms with van der Waals surface area (Å²) in [7, 11) is 0. The molecule has 2 aromatic rings. The highest BCUT2D eigenvalue weighted by atomic mass is 19.4. The van der Waals surface area contributed by atoms with E-state index in [4.69, 9.17) is 9.47 Å². The van der Waals surface area contributed by atoms with Gasteiger partial charge >= 0.3 is 12.1 Å². The van der Waals surface area contributed by atoms with Gasteiger partial charge in [-0.3, -0.25) is 4.79 Å². The molecule has 0 aliphatic rings. The van der Waals surface area contributed by atoms with E-state index in [0.717, 1.165) is 24.3 Å². The number of halogens is 3. The highest BCUT2D eigenvalue weighted by Gasteiger charge is 2.30. The van der Waals surface area contributed by atoms with E-state index in [9.17, 15) is 22.8 Å². The van der Waals surface area contributed by atoms with Gasteiger partial charge in [-0.15, -0.1) is 0 Å². The number of alkyl halides is 3. The van der Waals surface area contributed by atoms with Gasteiger partial charge in [0.25, 0.3) is 5.91 Å². The Morgan fingerprint density at radius 2 is 1.55 bits per heavy atom. The molecule has 0 heterocycles. The van der Waals surface area contributed by atoms with Crippen molar-refractivity contribution in [1.29, 1.82) is 0 Å². The molecular formula is C21H22F3NO4. The van der Waals surface area contributed by atoms with Gasteiger partial charge in [0.1, 0.15) is 5.75 Å². The number of anilines is 1. The van der Waals surface area contributed by atoms with Crippen molar-refractivity contribution in [2.75, 3.05) is 11.9 Å². The van der Waals surface area contributed by atoms with Crippen LogP contribution in [0.15, 0.2) is 48.5 Å². The van der Waals surface area contributed by atoms with E-state index < -0.39 is 29.7 Å². The first kappa shape index (κ1) is 22.3. The first-order valence-corrected chi connectivity index (χ1v) is 8.98. The fraction of sp³-hybridized carbons (Fsp3) is 0.333. The molecule has 0 saturated carbocycles. The number of carbonyl (C=O) groups is 2. The highest BCUT2D eigenvalue weighted by Crippen LogP contribution is 2.29. The standard InChI is InChI=1S/C21H22F3NO4/c1-13(2)12-28-18-10-4-15(5-11-18)20(27)29-14(3)19(26)25-17-8-6-16(7-9-17)21(22,23)24/h4-11,13-14H,12H2,1-3H3,(H,25,26)/t14-/m1/s1. The molecule has 0 aliphatic carbocycles. The van der Waals surface area contributed by atoms with Crippen molar-refractivity contribution < 1.29 is 32.2 Å². The molecule has 29 heavy (non-hydrogen) atoms. The van der Waals surface area contributed by atoms with Crippen LogP contribution in [0.1, 0.15) is 36.7 Å². The number of nitrogens with one attached hydrogen (secondary N) is 1. The zero-order valence-electron chi connectivity index (χ0n) is 16.2. The van der Waals surface area contributed by atoms with Gasteiger partial charge in [-0.1, -0.05) is 13.8 Å². The van der Waals surface area contributed by atoms with Crippen molar-refractivity contribution in [2.45, 2.75) is 33.1 Å². The maximum atomic E-state index is 12.6. The summed E-state index contributed by atoms with van der Waals surface area (Å²) >= 11 is 0. The fourth-order valence-corrected chi connectivity index (χ4v) is 2.22. The van der Waals surface area contributed by atoms with Crippen molar-refractivity contribution in [2.24, 2.45) is 5.92 Å². The summed E-state index contributed by atoms with van der Waals surface area (Å²) in [6.45, 7) is 5.95. The second kappa shape index (κ2) is 9.45. The van der Waals surface area contributed by atoms with Crippen LogP contribution in [0, 0.1) is 5.92 Å². The lowest BCUT2D eigenvalue weighted by Gasteiger charge is -2.14. The van der Waals surface area contributed by atoms with Crippen molar-refractivity contribution in [3.05, 3.63) is 59.7 Å². The van der Waals surface area contributed by atoms with Gasteiger partial charge in [0.05, 0.1) is 17.7 Å². The third-order valence-electron chi connectivity index (χ3n) is 3.81. The molecule has 0 aromatic heterocycles. The van der Waals surface area contributed by atoms with Crippen LogP contribution in [-0.4, -0.2) is 24.6 Å². The quantitative estimate of drug-likeness (QED) is 0.659. The molecule has 0 radical (unpaired) electrons. The number of hydrogen-bond donors (Lipinski definition) is 1. The number of benzene rings is 2. The van der Waals surface area contributed by atoms with Gasteiger partial charge in [0, 0.05) is 5.69 Å². The van der Waals surface area contributed by atoms with Crippen LogP contribution in [0.4, 0.5) is 18.9 Å². The molecule has 0 spiro atoms. The van der Waals surface area contributed by atoms with Crippen LogP contribution >= 0.6 is 0 Å². The molecule has 2 rings (SSSR count). The number of ether oxygens (including phenoxy) is 2. The molecule has 1 amide bonds. The third kappa shape index (κ3) is 6.81. The van der Waals surface area contributed by atoms with E-state index in [1.54, 1.807) is 12.1 Å². The van der Waals surface area contributed by atoms with E-state index in [2.05, 4.69) is 5.32 Å². The van der Waals surface area contributed by atoms with Gasteiger partial charge in [-0.2, -0.15) is 13.2 Å². The number of esters is 1. The summed E-state index contributed by atoms with van der Waals surface area (Å²) < 4.78 is 48.3. The number of carbonyl (C=O) groups excluding carboxylic acids is 2. The topological polar surface area (TPSA) is 64.6 Å². The number of amides is 1. The van der Waals surface area contributed by atoms with E-state index in [0.29, 0.717) is 18.3 Å². The van der Waals surface area contributed by atoms with Gasteiger partial charge in [-0.05, 0) is 61.4 Å². The van der Waals surface area contributed by atoms with Crippen LogP contribution in [0.25, 0.3) is 0 Å². The lowest BCUT2D eigenvalue weighted by atomic mass is 10.2. The van der Waals surface area contributed by atoms with E-state index >= 15 is 0 Å². The van der Waals surface area contributed by atoms with Gasteiger partial charge in [0.2, 0.25) is 0 Å². The SMILES string of the molecule is CC(C)COc1ccc(C(=O)O[C@H](C)C(=O)Nc2ccc(C(F)(F)F)cc2)cc1. The first-order valence-electron chi connectivity index (χ1n) is 8.98. The molecule has 5 nitrogen and oxygen atoms in total. The Morgan fingerprint density at radius 3 is 2.07 bits per heavy atom. The molecule has 2 aromatic carbocycles. The summed E-state index contributed by atoms with van der Waals surface area (Å²) in [5.41, 5.74) is -0.413. The Bertz CT molecular complexity index is 830. The van der Waals surface area contributed by atoms with Crippen LogP contribution in [0.3, 0.4) is 0 Å². The fourth-order valence-electron chi connectivity index (χ4n) is 2.22. The Labute approximate surface area is 166 Å². The molecule has 0 fully saturated rings. The van der Waals surface area contributed by atoms with Crippen molar-refractivity contribution in [3.63, 3.8) is 0 Å². The Hall–Kier alpha value is -3.03. The van der Waals surface area contributed by atoms with E-state index in [1.165, 1.54) is 19.1 Å². The van der Waals surface area contributed by atoms with Crippen LogP contribution in [0.5, 0.6) is 5.75 Å². The molecule has 1 N–H and O–H groups in total. The summed E-state index contributed by atoms with van der Waals surface area (Å²) in [6.07, 6.45) is -5.59. The molecule has 0 unspecified atom stereocenters. The molecule has 1 atom stereocenters. The van der Waals surface area contributed by atoms with E-state index in [1.807, 2.05) is 13.8 Å². The Balaban J connectivity index is 1.90. The van der Waals surface area contributed by atoms with Gasteiger partial charge in [0.15, 0.2) is 6.10 Å². The predicted molar refractivity (Wildman–Crippen MR) is 102 cm³/mol. The first-order chi connectivity index (χ1) is 13.6. The lowest BCUT2D eigenvalue weighted by molar-refractivity contribution is -0.137. The molecule has 156 valence electrons. The minimum absolute atomic E-state index is 0.164. The predicted octanol–water partition coefficient (Wildman–Crippen LogP) is 4.92. The Morgan fingerprint density at radius 1 is 0.966 bits per heavy atom. The van der Waals surface area contributed by atoms with Crippen LogP contribution < -0.4 is 10.1 Å². The average Bonchev–Trinajstić information content (AvgIpc) is 2.66. The molecule has 0 aliphatic heterocycles. The minimum Gasteiger partial charge on any atom is -0.493 e. The molecule has 0 saturated heterocycles. The summed E-state index contributed by atoms with van der Waals surface area (Å²) in [4.78, 5) is 24.3. The Kier molecular flexibility index (Phi) is 7.25. The van der Waals surface area contributed by atoms with Crippen molar-refractivity contribution in [1.82, 2.24) is 0 Å². The highest BCUT2D eigenvalue weighted by molar-refractivity contribution is 5.97. The largest absolute Gasteiger partial charge is 0.493 e. The molecule has 8 heteroatoms. The molecule has 0 bridgehead atoms. The number of rotatable bonds is 7.